The second-order valence-electron chi connectivity index (χ2n) is 31.4. The predicted octanol–water partition coefficient (Wildman–Crippen LogP) is 13.6. The molecular weight excluding hydrogens is 1460 g/mol. The van der Waals surface area contributed by atoms with Gasteiger partial charge in [-0.05, 0) is 190 Å². The number of rotatable bonds is 32. The van der Waals surface area contributed by atoms with Gasteiger partial charge in [0.15, 0.2) is 0 Å². The van der Waals surface area contributed by atoms with Gasteiger partial charge in [0, 0.05) is 76.9 Å². The monoisotopic (exact) mass is 1580 g/mol. The number of hydrogen-bond acceptors (Lipinski definition) is 17. The smallest absolute Gasteiger partial charge is 0.480 e. The van der Waals surface area contributed by atoms with E-state index in [9.17, 15) is 69.8 Å². The molecule has 4 saturated heterocycles. The Hall–Kier alpha value is -7.41. The van der Waals surface area contributed by atoms with E-state index in [2.05, 4.69) is 75.9 Å². The van der Waals surface area contributed by atoms with Crippen molar-refractivity contribution < 1.29 is 87.9 Å². The van der Waals surface area contributed by atoms with Crippen LogP contribution in [0, 0.1) is 35.5 Å². The topological polar surface area (TPSA) is 306 Å². The SMILES string of the molecule is C=CCC[C@@H](OC)[C@@H](C)C(=O)C[C@H](C(=O)N[C@@H](C)C(=O)N1CCC[C@@H](C(=O)N2CCCCC2c2cccc(C=C)c2)N1)C(C)C.C=CCC[C@@H](OC)[C@@H](C)C(=O)C[C@H](C(=O)N[C@@H](C)C(=O)N1CCC[C@@H](C(=O)O)N1)C(C)C.C=Cc1cccc(C2CCCCN2C(=O)OC(C)(C)C)c1.C[Si](C)(C)OS(=O)(=O)C(F)(F)F. The summed E-state index contributed by atoms with van der Waals surface area (Å²) in [5.74, 6) is -4.62. The Morgan fingerprint density at radius 2 is 1.00 bits per heavy atom. The van der Waals surface area contributed by atoms with Crippen LogP contribution in [0.2, 0.25) is 19.6 Å². The molecule has 0 radical (unpaired) electrons. The minimum atomic E-state index is -5.39. The predicted molar refractivity (Wildman–Crippen MR) is 424 cm³/mol. The van der Waals surface area contributed by atoms with E-state index in [1.807, 2.05) is 109 Å². The molecule has 12 atom stereocenters. The zero-order chi connectivity index (χ0) is 83.2. The van der Waals surface area contributed by atoms with Crippen LogP contribution in [0.4, 0.5) is 18.0 Å². The number of Topliss-reactive ketones (excluding diaryl/α,β-unsaturated/α-hetero) is 2. The maximum Gasteiger partial charge on any atom is 0.522 e. The van der Waals surface area contributed by atoms with E-state index in [0.29, 0.717) is 58.2 Å². The summed E-state index contributed by atoms with van der Waals surface area (Å²) in [6.07, 6.45) is 17.9. The van der Waals surface area contributed by atoms with Crippen molar-refractivity contribution in [1.29, 1.82) is 0 Å². The summed E-state index contributed by atoms with van der Waals surface area (Å²) < 4.78 is 76.3. The summed E-state index contributed by atoms with van der Waals surface area (Å²) in [6, 6.07) is 13.5. The van der Waals surface area contributed by atoms with Gasteiger partial charge in [-0.3, -0.25) is 48.4 Å². The van der Waals surface area contributed by atoms with Crippen molar-refractivity contribution in [3.63, 3.8) is 0 Å². The van der Waals surface area contributed by atoms with Crippen LogP contribution in [0.5, 0.6) is 0 Å². The number of alkyl halides is 3. The number of carboxylic acids is 1. The lowest BCUT2D eigenvalue weighted by atomic mass is 9.84. The molecule has 4 heterocycles. The summed E-state index contributed by atoms with van der Waals surface area (Å²) in [6.45, 7) is 41.6. The van der Waals surface area contributed by atoms with Crippen LogP contribution < -0.4 is 21.5 Å². The Bertz CT molecular complexity index is 3510. The number of hydrazine groups is 2. The van der Waals surface area contributed by atoms with Crippen molar-refractivity contribution in [2.75, 3.05) is 40.4 Å². The number of ketones is 2. The molecule has 29 heteroatoms. The highest BCUT2D eigenvalue weighted by molar-refractivity contribution is 7.88. The highest BCUT2D eigenvalue weighted by atomic mass is 32.2. The van der Waals surface area contributed by atoms with Crippen LogP contribution in [-0.4, -0.2) is 183 Å². The second kappa shape index (κ2) is 45.9. The van der Waals surface area contributed by atoms with Gasteiger partial charge >= 0.3 is 27.7 Å². The minimum Gasteiger partial charge on any atom is -0.480 e. The van der Waals surface area contributed by atoms with Crippen molar-refractivity contribution in [1.82, 2.24) is 41.3 Å². The number of carboxylic acid groups (broad SMARTS) is 1. The average molecular weight is 1590 g/mol. The largest absolute Gasteiger partial charge is 0.522 e. The third kappa shape index (κ3) is 31.3. The molecule has 5 N–H and O–H groups in total. The van der Waals surface area contributed by atoms with Crippen LogP contribution in [-0.2, 0) is 66.6 Å². The number of halogens is 3. The molecule has 6 rings (SSSR count). The van der Waals surface area contributed by atoms with Crippen molar-refractivity contribution in [2.45, 2.75) is 258 Å². The molecule has 2 aromatic rings. The van der Waals surface area contributed by atoms with E-state index in [0.717, 1.165) is 80.2 Å². The highest BCUT2D eigenvalue weighted by Gasteiger charge is 2.49. The number of allylic oxidation sites excluding steroid dienone is 2. The molecule has 0 aliphatic carbocycles. The van der Waals surface area contributed by atoms with Gasteiger partial charge in [0.25, 0.3) is 11.8 Å². The molecule has 4 aliphatic heterocycles. The van der Waals surface area contributed by atoms with Crippen molar-refractivity contribution in [3.05, 3.63) is 109 Å². The van der Waals surface area contributed by atoms with Crippen molar-refractivity contribution in [2.24, 2.45) is 35.5 Å². The summed E-state index contributed by atoms with van der Waals surface area (Å²) >= 11 is 0. The number of hydrogen-bond donors (Lipinski definition) is 5. The summed E-state index contributed by atoms with van der Waals surface area (Å²) in [4.78, 5) is 120. The third-order valence-corrected chi connectivity index (χ3v) is 23.2. The lowest BCUT2D eigenvalue weighted by Crippen LogP contribution is -2.61. The minimum absolute atomic E-state index is 0.00662. The summed E-state index contributed by atoms with van der Waals surface area (Å²) in [5.41, 5.74) is 4.49. The van der Waals surface area contributed by atoms with E-state index in [-0.39, 0.29) is 102 Å². The molecule has 6 amide bonds. The molecule has 0 saturated carbocycles. The number of amides is 6. The van der Waals surface area contributed by atoms with E-state index in [1.54, 1.807) is 40.2 Å². The number of methoxy groups -OCH3 is 2. The van der Waals surface area contributed by atoms with Crippen molar-refractivity contribution in [3.8, 4) is 0 Å². The van der Waals surface area contributed by atoms with Gasteiger partial charge in [-0.25, -0.2) is 15.6 Å². The molecule has 4 aliphatic rings. The van der Waals surface area contributed by atoms with Gasteiger partial charge in [-0.1, -0.05) is 115 Å². The summed E-state index contributed by atoms with van der Waals surface area (Å²) in [5, 5.41) is 17.5. The number of benzene rings is 2. The van der Waals surface area contributed by atoms with Crippen LogP contribution >= 0.6 is 0 Å². The molecule has 4 fully saturated rings. The molecule has 24 nitrogen and oxygen atoms in total. The Kier molecular flexibility index (Phi) is 40.4. The standard InChI is InChI=1S/C36H54N4O5.C23H39N3O6.C18H25NO2.C4H9F3O3SSi/c1-8-10-19-33(45-7)25(5)32(41)23-29(24(3)4)34(42)37-26(6)35(43)40-21-14-17-30(38-40)36(44)39-20-12-11-18-31(39)28-16-13-15-27(9-2)22-28;1-7-8-11-20(32-6)15(4)19(27)13-17(14(2)3)21(28)24-16(5)22(29)26-12-9-10-18(25-26)23(30)31;1-5-14-9-8-10-15(13-14)16-11-6-7-12-19(16)17(20)21-18(2,3)4;1-12(2,3)10-11(8,9)4(5,6)7/h8-9,13,15-16,22,24-26,29-31,33,38H,1-2,10-12,14,17-21,23H2,3-7H3,(H,37,42);7,14-18,20,25H,1,8-13H2,2-6H3,(H,24,28)(H,30,31);5,8-10,13,16H,1,6-7,11-12H2,2-4H3;1-3H3/t25-,26-,29-,30-,31?,33+;15-,16-,17-,18-,20+;;/m00../s1. The first-order valence-corrected chi connectivity index (χ1v) is 43.3. The van der Waals surface area contributed by atoms with E-state index >= 15 is 0 Å². The zero-order valence-corrected chi connectivity index (χ0v) is 69.7. The number of aliphatic carboxylic acids is 1. The zero-order valence-electron chi connectivity index (χ0n) is 67.9. The number of ether oxygens (including phenoxy) is 3. The number of likely N-dealkylation sites (tertiary alicyclic amines) is 2. The van der Waals surface area contributed by atoms with E-state index in [1.165, 1.54) is 29.7 Å². The fourth-order valence-electron chi connectivity index (χ4n) is 13.4. The lowest BCUT2D eigenvalue weighted by Gasteiger charge is -2.41. The lowest BCUT2D eigenvalue weighted by molar-refractivity contribution is -0.149. The normalized spacial score (nSPS) is 19.9. The Labute approximate surface area is 653 Å². The molecule has 2 aromatic carbocycles. The van der Waals surface area contributed by atoms with Crippen LogP contribution in [0.15, 0.2) is 87.0 Å². The number of nitrogens with one attached hydrogen (secondary N) is 4. The molecule has 0 bridgehead atoms. The first-order valence-electron chi connectivity index (χ1n) is 38.5. The van der Waals surface area contributed by atoms with Crippen LogP contribution in [0.25, 0.3) is 12.2 Å². The first-order chi connectivity index (χ1) is 51.4. The molecule has 110 heavy (non-hydrogen) atoms. The molecule has 0 aromatic heterocycles. The Morgan fingerprint density at radius 3 is 1.35 bits per heavy atom. The average Bonchev–Trinajstić information content (AvgIpc) is 0.806. The fourth-order valence-corrected chi connectivity index (χ4v) is 16.4. The quantitative estimate of drug-likeness (QED) is 0.0258. The van der Waals surface area contributed by atoms with Crippen LogP contribution in [0.3, 0.4) is 0 Å². The van der Waals surface area contributed by atoms with Gasteiger partial charge in [0.2, 0.25) is 26.0 Å². The highest BCUT2D eigenvalue weighted by Crippen LogP contribution is 2.36. The third-order valence-electron chi connectivity index (χ3n) is 19.8. The number of carbonyl (C=O) groups is 9. The van der Waals surface area contributed by atoms with Gasteiger partial charge < -0.3 is 43.6 Å². The van der Waals surface area contributed by atoms with E-state index < -0.39 is 77.4 Å². The number of carbonyl (C=O) groups excluding carboxylic acids is 8. The maximum atomic E-state index is 13.8. The fraction of sp³-hybridized carbons (Fsp3) is 0.642. The van der Waals surface area contributed by atoms with Gasteiger partial charge in [0.05, 0.1) is 24.3 Å². The second-order valence-corrected chi connectivity index (χ2v) is 37.7. The molecule has 2 unspecified atom stereocenters. The van der Waals surface area contributed by atoms with Gasteiger partial charge in [-0.2, -0.15) is 21.6 Å². The summed E-state index contributed by atoms with van der Waals surface area (Å²) in [7, 11) is -4.94. The van der Waals surface area contributed by atoms with E-state index in [4.69, 9.17) is 14.2 Å². The number of piperidine rings is 2. The Balaban J connectivity index is 0.000000418. The van der Waals surface area contributed by atoms with Gasteiger partial charge in [0.1, 0.15) is 41.3 Å². The Morgan fingerprint density at radius 1 is 0.600 bits per heavy atom. The number of nitrogens with zero attached hydrogens (tertiary/aromatic N) is 4. The maximum absolute atomic E-state index is 13.8. The first kappa shape index (κ1) is 96.8. The molecule has 0 spiro atoms. The van der Waals surface area contributed by atoms with Gasteiger partial charge in [-0.15, -0.1) is 13.2 Å². The van der Waals surface area contributed by atoms with Crippen molar-refractivity contribution >= 4 is 83.8 Å². The van der Waals surface area contributed by atoms with Crippen LogP contribution in [0.1, 0.15) is 213 Å². The molecular formula is C81H127F3N8O16SSi. The molecule has 618 valence electrons.